The molecule has 0 aliphatic carbocycles. The Kier molecular flexibility index (Phi) is 5.42. The second kappa shape index (κ2) is 7.63. The van der Waals surface area contributed by atoms with E-state index in [4.69, 9.17) is 4.74 Å². The summed E-state index contributed by atoms with van der Waals surface area (Å²) in [5.74, 6) is -0.527. The van der Waals surface area contributed by atoms with E-state index in [1.807, 2.05) is 6.92 Å². The average molecular weight is 402 g/mol. The van der Waals surface area contributed by atoms with Gasteiger partial charge in [-0.2, -0.15) is 0 Å². The Balaban J connectivity index is 1.82. The first-order chi connectivity index (χ1) is 13.2. The van der Waals surface area contributed by atoms with Gasteiger partial charge in [0.15, 0.2) is 0 Å². The van der Waals surface area contributed by atoms with Crippen LogP contribution in [0, 0.1) is 0 Å². The van der Waals surface area contributed by atoms with Crippen LogP contribution in [0.2, 0.25) is 0 Å². The molecule has 3 rings (SSSR count). The van der Waals surface area contributed by atoms with E-state index in [1.54, 1.807) is 24.0 Å². The Hall–Kier alpha value is -2.87. The molecule has 0 bridgehead atoms. The van der Waals surface area contributed by atoms with Gasteiger partial charge in [-0.25, -0.2) is 13.2 Å². The molecule has 28 heavy (non-hydrogen) atoms. The van der Waals surface area contributed by atoms with E-state index in [2.05, 4.69) is 4.72 Å². The van der Waals surface area contributed by atoms with Crippen LogP contribution in [-0.2, 0) is 26.0 Å². The number of sulfonamides is 1. The highest BCUT2D eigenvalue weighted by Gasteiger charge is 2.30. The van der Waals surface area contributed by atoms with E-state index in [-0.39, 0.29) is 23.5 Å². The summed E-state index contributed by atoms with van der Waals surface area (Å²) in [5.41, 5.74) is 2.26. The van der Waals surface area contributed by atoms with Gasteiger partial charge in [-0.1, -0.05) is 0 Å². The van der Waals surface area contributed by atoms with Gasteiger partial charge in [0.2, 0.25) is 5.91 Å². The minimum Gasteiger partial charge on any atom is -0.462 e. The lowest BCUT2D eigenvalue weighted by Crippen LogP contribution is -2.33. The largest absolute Gasteiger partial charge is 0.462 e. The molecule has 0 radical (unpaired) electrons. The van der Waals surface area contributed by atoms with E-state index in [1.165, 1.54) is 37.3 Å². The Labute approximate surface area is 164 Å². The summed E-state index contributed by atoms with van der Waals surface area (Å²) < 4.78 is 32.9. The molecule has 0 unspecified atom stereocenters. The van der Waals surface area contributed by atoms with Crippen LogP contribution in [0.1, 0.15) is 36.7 Å². The first-order valence-corrected chi connectivity index (χ1v) is 10.4. The second-order valence-corrected chi connectivity index (χ2v) is 8.32. The predicted molar refractivity (Wildman–Crippen MR) is 106 cm³/mol. The van der Waals surface area contributed by atoms with Crippen molar-refractivity contribution in [3.63, 3.8) is 0 Å². The molecule has 2 aromatic rings. The lowest BCUT2D eigenvalue weighted by molar-refractivity contribution is -0.116. The van der Waals surface area contributed by atoms with Gasteiger partial charge < -0.3 is 9.64 Å². The molecule has 1 N–H and O–H groups in total. The summed E-state index contributed by atoms with van der Waals surface area (Å²) in [6.07, 6.45) is 0.604. The van der Waals surface area contributed by atoms with Crippen LogP contribution in [-0.4, -0.2) is 32.9 Å². The zero-order valence-corrected chi connectivity index (χ0v) is 16.7. The number of esters is 1. The summed E-state index contributed by atoms with van der Waals surface area (Å²) in [4.78, 5) is 25.3. The van der Waals surface area contributed by atoms with Crippen molar-refractivity contribution >= 4 is 33.3 Å². The summed E-state index contributed by atoms with van der Waals surface area (Å²) >= 11 is 0. The van der Waals surface area contributed by atoms with E-state index < -0.39 is 16.0 Å². The maximum absolute atomic E-state index is 12.7. The number of carbonyl (C=O) groups excluding carboxylic acids is 2. The fourth-order valence-electron chi connectivity index (χ4n) is 3.36. The van der Waals surface area contributed by atoms with E-state index in [0.717, 1.165) is 11.3 Å². The van der Waals surface area contributed by atoms with Gasteiger partial charge in [-0.05, 0) is 68.3 Å². The summed E-state index contributed by atoms with van der Waals surface area (Å²) in [6, 6.07) is 10.8. The van der Waals surface area contributed by atoms with Crippen molar-refractivity contribution in [2.75, 3.05) is 16.2 Å². The normalized spacial score (nSPS) is 15.8. The molecule has 2 aromatic carbocycles. The highest BCUT2D eigenvalue weighted by Crippen LogP contribution is 2.34. The van der Waals surface area contributed by atoms with Gasteiger partial charge in [0.05, 0.1) is 17.1 Å². The van der Waals surface area contributed by atoms with Crippen LogP contribution < -0.4 is 9.62 Å². The number of benzene rings is 2. The highest BCUT2D eigenvalue weighted by atomic mass is 32.2. The lowest BCUT2D eigenvalue weighted by atomic mass is 10.1. The van der Waals surface area contributed by atoms with Crippen molar-refractivity contribution in [2.24, 2.45) is 0 Å². The number of hydrogen-bond donors (Lipinski definition) is 1. The van der Waals surface area contributed by atoms with Gasteiger partial charge >= 0.3 is 5.97 Å². The third kappa shape index (κ3) is 3.87. The van der Waals surface area contributed by atoms with E-state index in [0.29, 0.717) is 17.7 Å². The Morgan fingerprint density at radius 3 is 2.46 bits per heavy atom. The number of ether oxygens (including phenoxy) is 1. The number of nitrogens with one attached hydrogen (secondary N) is 1. The minimum absolute atomic E-state index is 0.00571. The van der Waals surface area contributed by atoms with Gasteiger partial charge in [-0.3, -0.25) is 9.52 Å². The zero-order valence-electron chi connectivity index (χ0n) is 15.9. The molecule has 0 saturated heterocycles. The molecule has 1 aliphatic rings. The van der Waals surface area contributed by atoms with Gasteiger partial charge in [0.25, 0.3) is 10.0 Å². The van der Waals surface area contributed by atoms with Crippen LogP contribution in [0.15, 0.2) is 47.4 Å². The maximum Gasteiger partial charge on any atom is 0.338 e. The number of rotatable bonds is 5. The SMILES string of the molecule is CCOC(=O)c1ccc(NS(=O)(=O)c2ccc3c(c2)C[C@H](C)N3C(C)=O)cc1. The quantitative estimate of drug-likeness (QED) is 0.776. The molecule has 148 valence electrons. The van der Waals surface area contributed by atoms with Crippen molar-refractivity contribution in [1.82, 2.24) is 0 Å². The topological polar surface area (TPSA) is 92.8 Å². The standard InChI is InChI=1S/C20H22N2O5S/c1-4-27-20(24)15-5-7-17(8-6-15)21-28(25,26)18-9-10-19-16(12-18)11-13(2)22(19)14(3)23/h5-10,12-13,21H,4,11H2,1-3H3/t13-/m0/s1. The third-order valence-electron chi connectivity index (χ3n) is 4.56. The van der Waals surface area contributed by atoms with Gasteiger partial charge in [-0.15, -0.1) is 0 Å². The monoisotopic (exact) mass is 402 g/mol. The van der Waals surface area contributed by atoms with Crippen LogP contribution in [0.25, 0.3) is 0 Å². The molecule has 8 heteroatoms. The number of hydrogen-bond acceptors (Lipinski definition) is 5. The molecular formula is C20H22N2O5S. The Bertz CT molecular complexity index is 1020. The van der Waals surface area contributed by atoms with Crippen molar-refractivity contribution in [2.45, 2.75) is 38.1 Å². The van der Waals surface area contributed by atoms with Crippen molar-refractivity contribution < 1.29 is 22.7 Å². The summed E-state index contributed by atoms with van der Waals surface area (Å²) in [5, 5.41) is 0. The fourth-order valence-corrected chi connectivity index (χ4v) is 4.47. The van der Waals surface area contributed by atoms with Crippen LogP contribution in [0.3, 0.4) is 0 Å². The van der Waals surface area contributed by atoms with Crippen molar-refractivity contribution in [1.29, 1.82) is 0 Å². The molecule has 7 nitrogen and oxygen atoms in total. The predicted octanol–water partition coefficient (Wildman–Crippen LogP) is 2.96. The number of fused-ring (bicyclic) bond motifs is 1. The molecule has 1 atom stereocenters. The number of carbonyl (C=O) groups is 2. The first-order valence-electron chi connectivity index (χ1n) is 8.95. The van der Waals surface area contributed by atoms with E-state index >= 15 is 0 Å². The summed E-state index contributed by atoms with van der Waals surface area (Å²) in [6.45, 7) is 5.41. The molecule has 1 heterocycles. The average Bonchev–Trinajstić information content (AvgIpc) is 2.97. The Morgan fingerprint density at radius 1 is 1.18 bits per heavy atom. The minimum atomic E-state index is -3.80. The van der Waals surface area contributed by atoms with Crippen molar-refractivity contribution in [3.8, 4) is 0 Å². The van der Waals surface area contributed by atoms with Crippen LogP contribution in [0.4, 0.5) is 11.4 Å². The van der Waals surface area contributed by atoms with Gasteiger partial charge in [0.1, 0.15) is 0 Å². The molecule has 1 amide bonds. The highest BCUT2D eigenvalue weighted by molar-refractivity contribution is 7.92. The number of amides is 1. The van der Waals surface area contributed by atoms with E-state index in [9.17, 15) is 18.0 Å². The molecule has 1 aliphatic heterocycles. The van der Waals surface area contributed by atoms with Crippen LogP contribution in [0.5, 0.6) is 0 Å². The van der Waals surface area contributed by atoms with Gasteiger partial charge in [0, 0.05) is 24.3 Å². The summed E-state index contributed by atoms with van der Waals surface area (Å²) in [7, 11) is -3.80. The molecule has 0 aromatic heterocycles. The number of anilines is 2. The van der Waals surface area contributed by atoms with Crippen LogP contribution >= 0.6 is 0 Å². The maximum atomic E-state index is 12.7. The lowest BCUT2D eigenvalue weighted by Gasteiger charge is -2.20. The zero-order chi connectivity index (χ0) is 20.5. The smallest absolute Gasteiger partial charge is 0.338 e. The Morgan fingerprint density at radius 2 is 1.86 bits per heavy atom. The first kappa shape index (κ1) is 19.9. The fraction of sp³-hybridized carbons (Fsp3) is 0.300. The third-order valence-corrected chi connectivity index (χ3v) is 5.94. The number of nitrogens with zero attached hydrogens (tertiary/aromatic N) is 1. The molecular weight excluding hydrogens is 380 g/mol. The molecule has 0 spiro atoms. The molecule has 0 saturated carbocycles. The second-order valence-electron chi connectivity index (χ2n) is 6.64. The molecule has 0 fully saturated rings. The van der Waals surface area contributed by atoms with Crippen molar-refractivity contribution in [3.05, 3.63) is 53.6 Å².